The van der Waals surface area contributed by atoms with Crippen molar-refractivity contribution in [1.29, 1.82) is 0 Å². The van der Waals surface area contributed by atoms with Gasteiger partial charge in [0.05, 0.1) is 18.3 Å². The maximum Gasteiger partial charge on any atom is 0.251 e. The normalized spacial score (nSPS) is 14.9. The summed E-state index contributed by atoms with van der Waals surface area (Å²) in [5, 5.41) is 7.71. The Hall–Kier alpha value is -2.89. The lowest BCUT2D eigenvalue weighted by atomic mass is 10.1. The predicted molar refractivity (Wildman–Crippen MR) is 103 cm³/mol. The fourth-order valence-corrected chi connectivity index (χ4v) is 3.54. The summed E-state index contributed by atoms with van der Waals surface area (Å²) in [6.07, 6.45) is 5.98. The maximum atomic E-state index is 12.9. The molecular formula is C21H25N5O. The van der Waals surface area contributed by atoms with Gasteiger partial charge in [0.15, 0.2) is 0 Å². The highest BCUT2D eigenvalue weighted by molar-refractivity contribution is 5.94. The monoisotopic (exact) mass is 363 g/mol. The highest BCUT2D eigenvalue weighted by atomic mass is 16.1. The average molecular weight is 363 g/mol. The number of carbonyl (C=O) groups is 1. The third-order valence-corrected chi connectivity index (χ3v) is 5.14. The van der Waals surface area contributed by atoms with Gasteiger partial charge in [0.25, 0.3) is 5.91 Å². The fourth-order valence-electron chi connectivity index (χ4n) is 3.54. The number of aryl methyl sites for hydroxylation is 3. The molecule has 1 aromatic carbocycles. The van der Waals surface area contributed by atoms with E-state index in [9.17, 15) is 4.79 Å². The molecule has 6 nitrogen and oxygen atoms in total. The van der Waals surface area contributed by atoms with E-state index in [0.717, 1.165) is 35.6 Å². The fraction of sp³-hybridized carbons (Fsp3) is 0.381. The van der Waals surface area contributed by atoms with Gasteiger partial charge < -0.3 is 9.88 Å². The van der Waals surface area contributed by atoms with Crippen LogP contribution in [0.2, 0.25) is 0 Å². The maximum absolute atomic E-state index is 12.9. The summed E-state index contributed by atoms with van der Waals surface area (Å²) in [5.74, 6) is 1.35. The highest BCUT2D eigenvalue weighted by Gasteiger charge is 2.35. The molecule has 0 bridgehead atoms. The molecule has 1 aliphatic rings. The van der Waals surface area contributed by atoms with Crippen LogP contribution in [0.3, 0.4) is 0 Å². The molecule has 1 saturated carbocycles. The van der Waals surface area contributed by atoms with Crippen molar-refractivity contribution in [2.24, 2.45) is 13.0 Å². The summed E-state index contributed by atoms with van der Waals surface area (Å²) in [6, 6.07) is 9.81. The summed E-state index contributed by atoms with van der Waals surface area (Å²) >= 11 is 0. The number of nitrogens with zero attached hydrogens (tertiary/aromatic N) is 4. The van der Waals surface area contributed by atoms with E-state index < -0.39 is 0 Å². The molecule has 2 heterocycles. The zero-order valence-corrected chi connectivity index (χ0v) is 16.0. The lowest BCUT2D eigenvalue weighted by Crippen LogP contribution is -2.31. The Morgan fingerprint density at radius 1 is 1.30 bits per heavy atom. The van der Waals surface area contributed by atoms with Crippen LogP contribution in [0.4, 0.5) is 0 Å². The van der Waals surface area contributed by atoms with Crippen LogP contribution in [0.25, 0.3) is 0 Å². The van der Waals surface area contributed by atoms with Crippen molar-refractivity contribution in [2.45, 2.75) is 39.3 Å². The van der Waals surface area contributed by atoms with Crippen molar-refractivity contribution in [3.8, 4) is 0 Å². The first kappa shape index (κ1) is 17.5. The Kier molecular flexibility index (Phi) is 4.56. The van der Waals surface area contributed by atoms with E-state index in [0.29, 0.717) is 18.0 Å². The van der Waals surface area contributed by atoms with E-state index in [1.165, 1.54) is 0 Å². The van der Waals surface area contributed by atoms with Crippen LogP contribution in [-0.2, 0) is 13.6 Å². The Labute approximate surface area is 159 Å². The summed E-state index contributed by atoms with van der Waals surface area (Å²) in [5.41, 5.74) is 3.86. The van der Waals surface area contributed by atoms with Crippen LogP contribution < -0.4 is 5.32 Å². The zero-order valence-electron chi connectivity index (χ0n) is 16.0. The number of carbonyl (C=O) groups excluding carboxylic acids is 1. The first-order valence-corrected chi connectivity index (χ1v) is 9.39. The molecule has 0 radical (unpaired) electrons. The smallest absolute Gasteiger partial charge is 0.251 e. The molecule has 1 fully saturated rings. The Bertz CT molecular complexity index is 967. The summed E-state index contributed by atoms with van der Waals surface area (Å²) in [6.45, 7) is 4.69. The second kappa shape index (κ2) is 7.02. The minimum Gasteiger partial charge on any atom is -0.342 e. The van der Waals surface area contributed by atoms with Crippen molar-refractivity contribution in [3.05, 3.63) is 71.1 Å². The van der Waals surface area contributed by atoms with E-state index in [4.69, 9.17) is 0 Å². The van der Waals surface area contributed by atoms with Crippen LogP contribution in [0.5, 0.6) is 0 Å². The second-order valence-corrected chi connectivity index (χ2v) is 7.47. The minimum atomic E-state index is -0.0508. The molecule has 1 aliphatic carbocycles. The first-order valence-electron chi connectivity index (χ1n) is 9.39. The van der Waals surface area contributed by atoms with Crippen LogP contribution in [0, 0.1) is 19.8 Å². The van der Waals surface area contributed by atoms with Gasteiger partial charge in [-0.2, -0.15) is 5.10 Å². The summed E-state index contributed by atoms with van der Waals surface area (Å²) in [7, 11) is 1.97. The van der Waals surface area contributed by atoms with Gasteiger partial charge >= 0.3 is 0 Å². The predicted octanol–water partition coefficient (Wildman–Crippen LogP) is 3.16. The second-order valence-electron chi connectivity index (χ2n) is 7.47. The SMILES string of the molecule is Cc1cc(C)n(Cc2cccc(C(=O)N[C@H](c3nccn3C)C3CC3)c2)n1. The molecule has 2 aromatic heterocycles. The van der Waals surface area contributed by atoms with Gasteiger partial charge in [0, 0.05) is 30.7 Å². The van der Waals surface area contributed by atoms with E-state index in [1.54, 1.807) is 6.20 Å². The number of aromatic nitrogens is 4. The molecule has 1 atom stereocenters. The van der Waals surface area contributed by atoms with E-state index >= 15 is 0 Å². The molecule has 0 saturated heterocycles. The standard InChI is InChI=1S/C21H25N5O/c1-14-11-15(2)26(24-14)13-16-5-4-6-18(12-16)21(27)23-19(17-7-8-17)20-22-9-10-25(20)3/h4-6,9-12,17,19H,7-8,13H2,1-3H3,(H,23,27)/t19-/m0/s1. The zero-order chi connectivity index (χ0) is 19.0. The molecule has 140 valence electrons. The largest absolute Gasteiger partial charge is 0.342 e. The van der Waals surface area contributed by atoms with Crippen molar-refractivity contribution < 1.29 is 4.79 Å². The van der Waals surface area contributed by atoms with Gasteiger partial charge in [-0.05, 0) is 56.4 Å². The van der Waals surface area contributed by atoms with Gasteiger partial charge in [-0.25, -0.2) is 4.98 Å². The molecule has 1 N–H and O–H groups in total. The van der Waals surface area contributed by atoms with E-state index in [2.05, 4.69) is 21.5 Å². The lowest BCUT2D eigenvalue weighted by molar-refractivity contribution is 0.0929. The lowest BCUT2D eigenvalue weighted by Gasteiger charge is -2.18. The van der Waals surface area contributed by atoms with E-state index in [1.807, 2.05) is 60.6 Å². The molecule has 27 heavy (non-hydrogen) atoms. The topological polar surface area (TPSA) is 64.7 Å². The van der Waals surface area contributed by atoms with Crippen molar-refractivity contribution >= 4 is 5.91 Å². The molecule has 3 aromatic rings. The van der Waals surface area contributed by atoms with Gasteiger partial charge in [0.1, 0.15) is 5.82 Å². The van der Waals surface area contributed by atoms with Gasteiger partial charge in [-0.15, -0.1) is 0 Å². The number of hydrogen-bond acceptors (Lipinski definition) is 3. The first-order chi connectivity index (χ1) is 13.0. The number of rotatable bonds is 6. The van der Waals surface area contributed by atoms with Crippen molar-refractivity contribution in [1.82, 2.24) is 24.6 Å². The van der Waals surface area contributed by atoms with Crippen LogP contribution in [0.15, 0.2) is 42.7 Å². The molecule has 0 spiro atoms. The average Bonchev–Trinajstić information content (AvgIpc) is 3.32. The van der Waals surface area contributed by atoms with Crippen LogP contribution in [0.1, 0.15) is 52.0 Å². The number of hydrogen-bond donors (Lipinski definition) is 1. The molecule has 0 unspecified atom stereocenters. The van der Waals surface area contributed by atoms with Gasteiger partial charge in [0.2, 0.25) is 0 Å². The Morgan fingerprint density at radius 2 is 2.11 bits per heavy atom. The third kappa shape index (κ3) is 3.79. The Balaban J connectivity index is 1.52. The molecule has 1 amide bonds. The number of amides is 1. The van der Waals surface area contributed by atoms with Crippen molar-refractivity contribution in [3.63, 3.8) is 0 Å². The van der Waals surface area contributed by atoms with Crippen molar-refractivity contribution in [2.75, 3.05) is 0 Å². The van der Waals surface area contributed by atoms with Gasteiger partial charge in [-0.1, -0.05) is 12.1 Å². The number of imidazole rings is 1. The quantitative estimate of drug-likeness (QED) is 0.732. The number of benzene rings is 1. The van der Waals surface area contributed by atoms with Gasteiger partial charge in [-0.3, -0.25) is 9.48 Å². The van der Waals surface area contributed by atoms with Crippen LogP contribution >= 0.6 is 0 Å². The molecule has 4 rings (SSSR count). The molecule has 0 aliphatic heterocycles. The molecular weight excluding hydrogens is 338 g/mol. The number of nitrogens with one attached hydrogen (secondary N) is 1. The summed E-state index contributed by atoms with van der Waals surface area (Å²) in [4.78, 5) is 17.3. The molecule has 6 heteroatoms. The minimum absolute atomic E-state index is 0.0304. The van der Waals surface area contributed by atoms with E-state index in [-0.39, 0.29) is 11.9 Å². The summed E-state index contributed by atoms with van der Waals surface area (Å²) < 4.78 is 3.95. The Morgan fingerprint density at radius 3 is 2.74 bits per heavy atom. The third-order valence-electron chi connectivity index (χ3n) is 5.14. The van der Waals surface area contributed by atoms with Crippen LogP contribution in [-0.4, -0.2) is 25.2 Å². The highest BCUT2D eigenvalue weighted by Crippen LogP contribution is 2.40.